The highest BCUT2D eigenvalue weighted by Crippen LogP contribution is 2.35. The molecule has 2 aromatic heterocycles. The van der Waals surface area contributed by atoms with Crippen LogP contribution in [0.2, 0.25) is 0 Å². The highest BCUT2D eigenvalue weighted by atomic mass is 15.1. The molecule has 0 unspecified atom stereocenters. The Labute approximate surface area is 224 Å². The van der Waals surface area contributed by atoms with Gasteiger partial charge in [-0.15, -0.1) is 0 Å². The maximum absolute atomic E-state index is 4.89. The van der Waals surface area contributed by atoms with Crippen molar-refractivity contribution >= 4 is 10.9 Å². The number of benzene rings is 4. The van der Waals surface area contributed by atoms with Crippen molar-refractivity contribution in [2.45, 2.75) is 38.5 Å². The first-order chi connectivity index (χ1) is 18.9. The molecule has 3 heteroatoms. The number of nitrogens with zero attached hydrogens (tertiary/aromatic N) is 3. The van der Waals surface area contributed by atoms with Gasteiger partial charge in [-0.25, -0.2) is 4.98 Å². The molecular weight excluding hydrogens is 462 g/mol. The number of imidazole rings is 1. The summed E-state index contributed by atoms with van der Waals surface area (Å²) >= 11 is 0. The van der Waals surface area contributed by atoms with E-state index in [2.05, 4.69) is 118 Å². The molecule has 2 heterocycles. The van der Waals surface area contributed by atoms with Gasteiger partial charge in [-0.05, 0) is 61.6 Å². The number of hydrogen-bond acceptors (Lipinski definition) is 1. The third kappa shape index (κ3) is 3.95. The van der Waals surface area contributed by atoms with Crippen LogP contribution < -0.4 is 0 Å². The number of rotatable bonds is 4. The minimum absolute atomic E-state index is 0.953. The van der Waals surface area contributed by atoms with Crippen LogP contribution in [0.5, 0.6) is 0 Å². The molecule has 7 rings (SSSR count). The van der Waals surface area contributed by atoms with E-state index in [1.807, 2.05) is 6.20 Å². The average Bonchev–Trinajstić information content (AvgIpc) is 3.53. The Bertz CT molecular complexity index is 1630. The third-order valence-corrected chi connectivity index (χ3v) is 7.91. The van der Waals surface area contributed by atoms with Crippen LogP contribution in [-0.2, 0) is 12.8 Å². The lowest BCUT2D eigenvalue weighted by Gasteiger charge is -2.17. The monoisotopic (exact) mass is 493 g/mol. The molecule has 4 aromatic carbocycles. The van der Waals surface area contributed by atoms with E-state index in [9.17, 15) is 0 Å². The lowest BCUT2D eigenvalue weighted by Crippen LogP contribution is -2.05. The number of para-hydroxylation sites is 1. The van der Waals surface area contributed by atoms with Gasteiger partial charge in [0.15, 0.2) is 0 Å². The highest BCUT2D eigenvalue weighted by Gasteiger charge is 2.20. The van der Waals surface area contributed by atoms with Gasteiger partial charge in [-0.2, -0.15) is 0 Å². The lowest BCUT2D eigenvalue weighted by atomic mass is 9.96. The SMILES string of the molecule is c1ccc(-c2cnc(-c3ccccc3)n2-c2ccc(-n3c4c(c5ccccc53)CCCCCC4)cc2)cc1. The smallest absolute Gasteiger partial charge is 0.144 e. The normalized spacial score (nSPS) is 13.7. The van der Waals surface area contributed by atoms with E-state index in [4.69, 9.17) is 4.98 Å². The maximum Gasteiger partial charge on any atom is 0.144 e. The predicted octanol–water partition coefficient (Wildman–Crippen LogP) is 8.81. The molecule has 186 valence electrons. The van der Waals surface area contributed by atoms with Crippen LogP contribution >= 0.6 is 0 Å². The second-order valence-corrected chi connectivity index (χ2v) is 10.2. The molecule has 0 radical (unpaired) electrons. The summed E-state index contributed by atoms with van der Waals surface area (Å²) < 4.78 is 4.80. The Balaban J connectivity index is 1.38. The Kier molecular flexibility index (Phi) is 5.90. The minimum atomic E-state index is 0.953. The van der Waals surface area contributed by atoms with Crippen molar-refractivity contribution in [2.24, 2.45) is 0 Å². The molecular formula is C35H31N3. The predicted molar refractivity (Wildman–Crippen MR) is 157 cm³/mol. The molecule has 38 heavy (non-hydrogen) atoms. The van der Waals surface area contributed by atoms with Gasteiger partial charge in [0.25, 0.3) is 0 Å². The van der Waals surface area contributed by atoms with E-state index in [0.717, 1.165) is 34.8 Å². The summed E-state index contributed by atoms with van der Waals surface area (Å²) in [5, 5.41) is 1.42. The van der Waals surface area contributed by atoms with E-state index in [-0.39, 0.29) is 0 Å². The Morgan fingerprint density at radius 2 is 1.13 bits per heavy atom. The van der Waals surface area contributed by atoms with Crippen LogP contribution in [0.15, 0.2) is 115 Å². The molecule has 1 aliphatic rings. The molecule has 0 atom stereocenters. The molecule has 6 aromatic rings. The Hall–Kier alpha value is -4.37. The van der Waals surface area contributed by atoms with E-state index < -0.39 is 0 Å². The lowest BCUT2D eigenvalue weighted by molar-refractivity contribution is 0.608. The highest BCUT2D eigenvalue weighted by molar-refractivity contribution is 5.87. The zero-order valence-electron chi connectivity index (χ0n) is 21.6. The fraction of sp³-hybridized carbons (Fsp3) is 0.171. The molecule has 0 saturated heterocycles. The summed E-state index contributed by atoms with van der Waals surface area (Å²) in [6, 6.07) is 39.0. The summed E-state index contributed by atoms with van der Waals surface area (Å²) in [6.45, 7) is 0. The molecule has 0 spiro atoms. The number of hydrogen-bond donors (Lipinski definition) is 0. The average molecular weight is 494 g/mol. The van der Waals surface area contributed by atoms with Gasteiger partial charge < -0.3 is 4.57 Å². The van der Waals surface area contributed by atoms with Gasteiger partial charge in [0.05, 0.1) is 17.4 Å². The van der Waals surface area contributed by atoms with Crippen molar-refractivity contribution in [3.8, 4) is 34.0 Å². The van der Waals surface area contributed by atoms with Crippen LogP contribution in [0, 0.1) is 0 Å². The number of aryl methyl sites for hydroxylation is 1. The molecule has 3 nitrogen and oxygen atoms in total. The second-order valence-electron chi connectivity index (χ2n) is 10.2. The molecule has 1 aliphatic carbocycles. The van der Waals surface area contributed by atoms with Crippen LogP contribution in [0.25, 0.3) is 44.9 Å². The van der Waals surface area contributed by atoms with Gasteiger partial charge in [0.2, 0.25) is 0 Å². The standard InChI is InChI=1S/C35H31N3/c1-2-10-19-32-30(17-9-1)31-18-11-12-20-33(31)37(32)28-21-23-29(24-22-28)38-34(26-13-5-3-6-14-26)25-36-35(38)27-15-7-4-8-16-27/h3-8,11-16,18,20-25H,1-2,9-10,17,19H2. The van der Waals surface area contributed by atoms with Crippen molar-refractivity contribution in [3.05, 3.63) is 127 Å². The van der Waals surface area contributed by atoms with E-state index in [1.165, 1.54) is 54.4 Å². The van der Waals surface area contributed by atoms with Gasteiger partial charge >= 0.3 is 0 Å². The van der Waals surface area contributed by atoms with E-state index in [0.29, 0.717) is 0 Å². The second kappa shape index (κ2) is 9.83. The summed E-state index contributed by atoms with van der Waals surface area (Å²) in [6.07, 6.45) is 9.52. The van der Waals surface area contributed by atoms with Gasteiger partial charge in [-0.1, -0.05) is 91.7 Å². The zero-order chi connectivity index (χ0) is 25.3. The molecule has 0 N–H and O–H groups in total. The Morgan fingerprint density at radius 3 is 1.87 bits per heavy atom. The summed E-state index contributed by atoms with van der Waals surface area (Å²) in [5.41, 5.74) is 10.1. The van der Waals surface area contributed by atoms with Crippen molar-refractivity contribution in [3.63, 3.8) is 0 Å². The fourth-order valence-electron chi connectivity index (χ4n) is 6.11. The first-order valence-corrected chi connectivity index (χ1v) is 13.8. The first-order valence-electron chi connectivity index (χ1n) is 13.8. The quantitative estimate of drug-likeness (QED) is 0.241. The topological polar surface area (TPSA) is 22.8 Å². The van der Waals surface area contributed by atoms with Crippen LogP contribution in [0.1, 0.15) is 36.9 Å². The summed E-state index contributed by atoms with van der Waals surface area (Å²) in [4.78, 5) is 4.89. The molecule has 0 saturated carbocycles. The van der Waals surface area contributed by atoms with Crippen LogP contribution in [-0.4, -0.2) is 14.1 Å². The van der Waals surface area contributed by atoms with Crippen molar-refractivity contribution in [1.29, 1.82) is 0 Å². The minimum Gasteiger partial charge on any atom is -0.313 e. The van der Waals surface area contributed by atoms with E-state index >= 15 is 0 Å². The zero-order valence-corrected chi connectivity index (χ0v) is 21.6. The van der Waals surface area contributed by atoms with Gasteiger partial charge in [0, 0.05) is 33.6 Å². The molecule has 0 amide bonds. The third-order valence-electron chi connectivity index (χ3n) is 7.91. The fourth-order valence-corrected chi connectivity index (χ4v) is 6.11. The summed E-state index contributed by atoms with van der Waals surface area (Å²) in [5.74, 6) is 0.953. The number of fused-ring (bicyclic) bond motifs is 3. The molecule has 0 bridgehead atoms. The largest absolute Gasteiger partial charge is 0.313 e. The molecule has 0 fully saturated rings. The van der Waals surface area contributed by atoms with E-state index in [1.54, 1.807) is 5.56 Å². The van der Waals surface area contributed by atoms with Gasteiger partial charge in [0.1, 0.15) is 5.82 Å². The van der Waals surface area contributed by atoms with Crippen molar-refractivity contribution in [2.75, 3.05) is 0 Å². The summed E-state index contributed by atoms with van der Waals surface area (Å²) in [7, 11) is 0. The van der Waals surface area contributed by atoms with Crippen molar-refractivity contribution in [1.82, 2.24) is 14.1 Å². The Morgan fingerprint density at radius 1 is 0.526 bits per heavy atom. The first kappa shape index (κ1) is 22.8. The van der Waals surface area contributed by atoms with Crippen molar-refractivity contribution < 1.29 is 0 Å². The maximum atomic E-state index is 4.89. The van der Waals surface area contributed by atoms with Gasteiger partial charge in [-0.3, -0.25) is 4.57 Å². The van der Waals surface area contributed by atoms with Crippen LogP contribution in [0.4, 0.5) is 0 Å². The van der Waals surface area contributed by atoms with Crippen LogP contribution in [0.3, 0.4) is 0 Å². The molecule has 0 aliphatic heterocycles. The number of aromatic nitrogens is 3.